The maximum Gasteiger partial charge on any atom is 0.253 e. The standard InChI is InChI=1S/C17H21N3O/c1-12(2)6-10-20-15-5-9-19-17(21)14(15)11-16(20)13-3-7-18-8-4-13/h3-4,7-8,11-12H,5-6,9-10H2,1-2H3,(H,19,21). The molecule has 0 aromatic carbocycles. The Balaban J connectivity index is 2.07. The van der Waals surface area contributed by atoms with Gasteiger partial charge in [0.05, 0.1) is 5.56 Å². The van der Waals surface area contributed by atoms with Crippen LogP contribution in [-0.2, 0) is 13.0 Å². The number of hydrogen-bond acceptors (Lipinski definition) is 2. The predicted octanol–water partition coefficient (Wildman–Crippen LogP) is 2.88. The molecule has 0 spiro atoms. The average Bonchev–Trinajstić information content (AvgIpc) is 2.86. The fraction of sp³-hybridized carbons (Fsp3) is 0.412. The smallest absolute Gasteiger partial charge is 0.253 e. The van der Waals surface area contributed by atoms with Gasteiger partial charge in [0.1, 0.15) is 0 Å². The van der Waals surface area contributed by atoms with Gasteiger partial charge in [0.2, 0.25) is 0 Å². The number of carbonyl (C=O) groups excluding carboxylic acids is 1. The number of amides is 1. The monoisotopic (exact) mass is 283 g/mol. The van der Waals surface area contributed by atoms with Gasteiger partial charge >= 0.3 is 0 Å². The first kappa shape index (κ1) is 13.9. The van der Waals surface area contributed by atoms with E-state index < -0.39 is 0 Å². The fourth-order valence-electron chi connectivity index (χ4n) is 2.85. The lowest BCUT2D eigenvalue weighted by atomic mass is 10.1. The van der Waals surface area contributed by atoms with E-state index in [1.54, 1.807) is 12.4 Å². The zero-order valence-electron chi connectivity index (χ0n) is 12.6. The third-order valence-corrected chi connectivity index (χ3v) is 4.01. The van der Waals surface area contributed by atoms with Crippen LogP contribution in [0.25, 0.3) is 11.3 Å². The highest BCUT2D eigenvalue weighted by Crippen LogP contribution is 2.28. The van der Waals surface area contributed by atoms with Gasteiger partial charge in [0.15, 0.2) is 0 Å². The molecule has 0 saturated carbocycles. The van der Waals surface area contributed by atoms with Gasteiger partial charge in [-0.15, -0.1) is 0 Å². The van der Waals surface area contributed by atoms with Crippen molar-refractivity contribution < 1.29 is 4.79 Å². The molecular formula is C17H21N3O. The van der Waals surface area contributed by atoms with E-state index in [2.05, 4.69) is 28.7 Å². The van der Waals surface area contributed by atoms with Crippen LogP contribution in [0.3, 0.4) is 0 Å². The van der Waals surface area contributed by atoms with Gasteiger partial charge in [-0.3, -0.25) is 9.78 Å². The second-order valence-corrected chi connectivity index (χ2v) is 5.97. The van der Waals surface area contributed by atoms with Gasteiger partial charge in [-0.1, -0.05) is 13.8 Å². The Kier molecular flexibility index (Phi) is 3.78. The van der Waals surface area contributed by atoms with Crippen LogP contribution in [-0.4, -0.2) is 22.0 Å². The summed E-state index contributed by atoms with van der Waals surface area (Å²) in [5.41, 5.74) is 4.25. The molecule has 0 bridgehead atoms. The first-order valence-corrected chi connectivity index (χ1v) is 7.58. The van der Waals surface area contributed by atoms with Crippen LogP contribution in [0.2, 0.25) is 0 Å². The highest BCUT2D eigenvalue weighted by molar-refractivity contribution is 5.98. The molecule has 0 radical (unpaired) electrons. The number of aromatic nitrogens is 2. The molecule has 3 rings (SSSR count). The number of nitrogens with zero attached hydrogens (tertiary/aromatic N) is 2. The second-order valence-electron chi connectivity index (χ2n) is 5.97. The molecular weight excluding hydrogens is 262 g/mol. The Morgan fingerprint density at radius 3 is 2.81 bits per heavy atom. The van der Waals surface area contributed by atoms with Crippen molar-refractivity contribution >= 4 is 5.91 Å². The van der Waals surface area contributed by atoms with E-state index in [1.165, 1.54) is 5.69 Å². The van der Waals surface area contributed by atoms with E-state index in [0.717, 1.165) is 42.8 Å². The summed E-state index contributed by atoms with van der Waals surface area (Å²) in [4.78, 5) is 16.2. The molecule has 1 N–H and O–H groups in total. The van der Waals surface area contributed by atoms with Crippen molar-refractivity contribution in [1.82, 2.24) is 14.9 Å². The molecule has 1 aliphatic heterocycles. The zero-order chi connectivity index (χ0) is 14.8. The maximum absolute atomic E-state index is 12.1. The minimum Gasteiger partial charge on any atom is -0.352 e. The molecule has 0 atom stereocenters. The molecule has 0 saturated heterocycles. The Morgan fingerprint density at radius 1 is 1.33 bits per heavy atom. The summed E-state index contributed by atoms with van der Waals surface area (Å²) in [6.45, 7) is 6.15. The lowest BCUT2D eigenvalue weighted by molar-refractivity contribution is 0.0945. The number of nitrogens with one attached hydrogen (secondary N) is 1. The molecule has 4 heteroatoms. The summed E-state index contributed by atoms with van der Waals surface area (Å²) in [5, 5.41) is 2.93. The lowest BCUT2D eigenvalue weighted by Crippen LogP contribution is -2.32. The Bertz CT molecular complexity index is 644. The number of fused-ring (bicyclic) bond motifs is 1. The van der Waals surface area contributed by atoms with Gasteiger partial charge in [-0.25, -0.2) is 0 Å². The van der Waals surface area contributed by atoms with Crippen molar-refractivity contribution in [3.05, 3.63) is 41.9 Å². The van der Waals surface area contributed by atoms with Gasteiger partial charge in [-0.05, 0) is 30.5 Å². The summed E-state index contributed by atoms with van der Waals surface area (Å²) < 4.78 is 2.32. The molecule has 1 amide bonds. The Hall–Kier alpha value is -2.10. The molecule has 4 nitrogen and oxygen atoms in total. The molecule has 0 unspecified atom stereocenters. The van der Waals surface area contributed by atoms with Crippen LogP contribution in [0.5, 0.6) is 0 Å². The number of carbonyl (C=O) groups is 1. The largest absolute Gasteiger partial charge is 0.352 e. The van der Waals surface area contributed by atoms with Crippen molar-refractivity contribution in [3.8, 4) is 11.3 Å². The van der Waals surface area contributed by atoms with Crippen LogP contribution in [0, 0.1) is 5.92 Å². The van der Waals surface area contributed by atoms with Crippen LogP contribution in [0.15, 0.2) is 30.6 Å². The van der Waals surface area contributed by atoms with E-state index in [-0.39, 0.29) is 5.91 Å². The van der Waals surface area contributed by atoms with Gasteiger partial charge in [0, 0.05) is 48.9 Å². The van der Waals surface area contributed by atoms with Crippen molar-refractivity contribution in [3.63, 3.8) is 0 Å². The van der Waals surface area contributed by atoms with Gasteiger partial charge in [-0.2, -0.15) is 0 Å². The molecule has 110 valence electrons. The molecule has 2 aromatic rings. The predicted molar refractivity (Wildman–Crippen MR) is 83.2 cm³/mol. The highest BCUT2D eigenvalue weighted by Gasteiger charge is 2.24. The molecule has 2 aromatic heterocycles. The van der Waals surface area contributed by atoms with Gasteiger partial charge < -0.3 is 9.88 Å². The normalized spacial score (nSPS) is 14.1. The van der Waals surface area contributed by atoms with Crippen LogP contribution >= 0.6 is 0 Å². The van der Waals surface area contributed by atoms with Crippen molar-refractivity contribution in [2.24, 2.45) is 5.92 Å². The van der Waals surface area contributed by atoms with Gasteiger partial charge in [0.25, 0.3) is 5.91 Å². The topological polar surface area (TPSA) is 46.9 Å². The Morgan fingerprint density at radius 2 is 2.10 bits per heavy atom. The molecule has 21 heavy (non-hydrogen) atoms. The first-order chi connectivity index (χ1) is 10.2. The van der Waals surface area contributed by atoms with E-state index >= 15 is 0 Å². The summed E-state index contributed by atoms with van der Waals surface area (Å²) in [5.74, 6) is 0.695. The zero-order valence-corrected chi connectivity index (χ0v) is 12.6. The highest BCUT2D eigenvalue weighted by atomic mass is 16.1. The molecule has 0 aliphatic carbocycles. The quantitative estimate of drug-likeness (QED) is 0.938. The first-order valence-electron chi connectivity index (χ1n) is 7.58. The summed E-state index contributed by atoms with van der Waals surface area (Å²) >= 11 is 0. The molecule has 3 heterocycles. The number of hydrogen-bond donors (Lipinski definition) is 1. The maximum atomic E-state index is 12.1. The molecule has 0 fully saturated rings. The molecule has 1 aliphatic rings. The number of rotatable bonds is 4. The Labute approximate surface area is 125 Å². The van der Waals surface area contributed by atoms with Crippen LogP contribution in [0.4, 0.5) is 0 Å². The SMILES string of the molecule is CC(C)CCn1c(-c2ccncc2)cc2c1CCNC2=O. The van der Waals surface area contributed by atoms with Crippen molar-refractivity contribution in [2.75, 3.05) is 6.54 Å². The second kappa shape index (κ2) is 5.72. The number of pyridine rings is 1. The van der Waals surface area contributed by atoms with E-state index in [0.29, 0.717) is 5.92 Å². The van der Waals surface area contributed by atoms with E-state index in [4.69, 9.17) is 0 Å². The summed E-state index contributed by atoms with van der Waals surface area (Å²) in [6, 6.07) is 6.04. The van der Waals surface area contributed by atoms with Crippen LogP contribution in [0.1, 0.15) is 36.3 Å². The summed E-state index contributed by atoms with van der Waals surface area (Å²) in [7, 11) is 0. The van der Waals surface area contributed by atoms with Crippen LogP contribution < -0.4 is 5.32 Å². The summed E-state index contributed by atoms with van der Waals surface area (Å²) in [6.07, 6.45) is 5.62. The third kappa shape index (κ3) is 2.71. The van der Waals surface area contributed by atoms with E-state index in [9.17, 15) is 4.79 Å². The lowest BCUT2D eigenvalue weighted by Gasteiger charge is -2.18. The van der Waals surface area contributed by atoms with Crippen molar-refractivity contribution in [2.45, 2.75) is 33.2 Å². The fourth-order valence-corrected chi connectivity index (χ4v) is 2.85. The average molecular weight is 283 g/mol. The minimum atomic E-state index is 0.0508. The van der Waals surface area contributed by atoms with E-state index in [1.807, 2.05) is 18.2 Å². The third-order valence-electron chi connectivity index (χ3n) is 4.01. The van der Waals surface area contributed by atoms with Crippen molar-refractivity contribution in [1.29, 1.82) is 0 Å². The minimum absolute atomic E-state index is 0.0508.